The largest absolute Gasteiger partial charge is 0.477 e. The van der Waals surface area contributed by atoms with E-state index in [1.165, 1.54) is 6.08 Å². The quantitative estimate of drug-likeness (QED) is 0.590. The fourth-order valence-corrected chi connectivity index (χ4v) is 1.28. The third kappa shape index (κ3) is 2.68. The van der Waals surface area contributed by atoms with Gasteiger partial charge in [-0.05, 0) is 31.1 Å². The lowest BCUT2D eigenvalue weighted by atomic mass is 10.0. The summed E-state index contributed by atoms with van der Waals surface area (Å²) in [4.78, 5) is 10.6. The van der Waals surface area contributed by atoms with Crippen LogP contribution in [0.15, 0.2) is 23.8 Å². The van der Waals surface area contributed by atoms with Gasteiger partial charge in [0.15, 0.2) is 0 Å². The van der Waals surface area contributed by atoms with Gasteiger partial charge in [0.05, 0.1) is 0 Å². The first-order valence-electron chi connectivity index (χ1n) is 4.47. The van der Waals surface area contributed by atoms with Gasteiger partial charge in [-0.15, -0.1) is 0 Å². The second kappa shape index (κ2) is 4.43. The Morgan fingerprint density at radius 1 is 1.47 bits per heavy atom. The van der Waals surface area contributed by atoms with Crippen LogP contribution in [0.3, 0.4) is 0 Å². The summed E-state index contributed by atoms with van der Waals surface area (Å²) in [6, 6.07) is 7.30. The van der Waals surface area contributed by atoms with E-state index in [1.807, 2.05) is 32.0 Å². The first kappa shape index (κ1) is 11.0. The van der Waals surface area contributed by atoms with Crippen molar-refractivity contribution in [2.75, 3.05) is 0 Å². The summed E-state index contributed by atoms with van der Waals surface area (Å²) < 4.78 is 0. The summed E-state index contributed by atoms with van der Waals surface area (Å²) in [5.74, 6) is -1.20. The van der Waals surface area contributed by atoms with E-state index in [2.05, 4.69) is 0 Å². The highest BCUT2D eigenvalue weighted by Crippen LogP contribution is 2.14. The summed E-state index contributed by atoms with van der Waals surface area (Å²) in [6.07, 6.45) is 1.39. The molecule has 0 saturated carbocycles. The predicted molar refractivity (Wildman–Crippen MR) is 57.1 cm³/mol. The van der Waals surface area contributed by atoms with Crippen LogP contribution in [0, 0.1) is 25.2 Å². The molecule has 0 saturated heterocycles. The number of carboxylic acids is 1. The van der Waals surface area contributed by atoms with E-state index in [0.29, 0.717) is 0 Å². The van der Waals surface area contributed by atoms with E-state index in [4.69, 9.17) is 10.4 Å². The summed E-state index contributed by atoms with van der Waals surface area (Å²) in [7, 11) is 0. The van der Waals surface area contributed by atoms with Gasteiger partial charge in [0.2, 0.25) is 0 Å². The van der Waals surface area contributed by atoms with Crippen molar-refractivity contribution < 1.29 is 9.90 Å². The summed E-state index contributed by atoms with van der Waals surface area (Å²) >= 11 is 0. The molecule has 15 heavy (non-hydrogen) atoms. The van der Waals surface area contributed by atoms with Crippen molar-refractivity contribution in [3.05, 3.63) is 40.5 Å². The van der Waals surface area contributed by atoms with Gasteiger partial charge in [-0.2, -0.15) is 5.26 Å². The van der Waals surface area contributed by atoms with Gasteiger partial charge in [0.1, 0.15) is 11.6 Å². The summed E-state index contributed by atoms with van der Waals surface area (Å²) in [5, 5.41) is 17.3. The number of hydrogen-bond donors (Lipinski definition) is 1. The molecular weight excluding hydrogens is 190 g/mol. The molecule has 0 atom stereocenters. The second-order valence-electron chi connectivity index (χ2n) is 3.34. The molecule has 0 fully saturated rings. The monoisotopic (exact) mass is 201 g/mol. The average Bonchev–Trinajstić information content (AvgIpc) is 2.16. The van der Waals surface area contributed by atoms with Crippen molar-refractivity contribution in [3.63, 3.8) is 0 Å². The number of carbonyl (C=O) groups is 1. The Labute approximate surface area is 88.3 Å². The van der Waals surface area contributed by atoms with Crippen LogP contribution in [-0.4, -0.2) is 11.1 Å². The van der Waals surface area contributed by atoms with Crippen molar-refractivity contribution in [3.8, 4) is 6.07 Å². The number of benzene rings is 1. The van der Waals surface area contributed by atoms with Gasteiger partial charge in [-0.25, -0.2) is 4.79 Å². The normalized spacial score (nSPS) is 10.9. The van der Waals surface area contributed by atoms with Crippen molar-refractivity contribution in [2.45, 2.75) is 13.8 Å². The third-order valence-corrected chi connectivity index (χ3v) is 2.08. The molecule has 1 N–H and O–H groups in total. The maximum Gasteiger partial charge on any atom is 0.346 e. The van der Waals surface area contributed by atoms with E-state index in [0.717, 1.165) is 16.7 Å². The predicted octanol–water partition coefficient (Wildman–Crippen LogP) is 2.30. The lowest BCUT2D eigenvalue weighted by Crippen LogP contribution is -1.97. The molecule has 1 aromatic carbocycles. The Bertz CT molecular complexity index is 467. The molecule has 0 heterocycles. The summed E-state index contributed by atoms with van der Waals surface area (Å²) in [5.41, 5.74) is 2.59. The van der Waals surface area contributed by atoms with Crippen molar-refractivity contribution in [1.82, 2.24) is 0 Å². The zero-order chi connectivity index (χ0) is 11.4. The molecule has 3 nitrogen and oxygen atoms in total. The first-order chi connectivity index (χ1) is 7.04. The van der Waals surface area contributed by atoms with Crippen LogP contribution in [0.5, 0.6) is 0 Å². The minimum absolute atomic E-state index is 0.248. The number of rotatable bonds is 2. The topological polar surface area (TPSA) is 61.1 Å². The lowest BCUT2D eigenvalue weighted by Gasteiger charge is -2.01. The third-order valence-electron chi connectivity index (χ3n) is 2.08. The second-order valence-corrected chi connectivity index (χ2v) is 3.34. The number of nitrogens with zero attached hydrogens (tertiary/aromatic N) is 1. The van der Waals surface area contributed by atoms with Crippen molar-refractivity contribution in [2.24, 2.45) is 0 Å². The fourth-order valence-electron chi connectivity index (χ4n) is 1.28. The van der Waals surface area contributed by atoms with Crippen LogP contribution in [0.1, 0.15) is 16.7 Å². The molecule has 0 unspecified atom stereocenters. The van der Waals surface area contributed by atoms with Crippen molar-refractivity contribution in [1.29, 1.82) is 5.26 Å². The molecule has 76 valence electrons. The maximum atomic E-state index is 10.6. The number of carboxylic acid groups (broad SMARTS) is 1. The number of nitriles is 1. The Balaban J connectivity index is 3.19. The molecule has 0 aliphatic carbocycles. The standard InChI is InChI=1S/C12H11NO2/c1-8-3-4-10(9(2)5-8)6-11(7-13)12(14)15/h3-6H,1-2H3,(H,14,15). The molecule has 0 bridgehead atoms. The Morgan fingerprint density at radius 2 is 2.13 bits per heavy atom. The molecular formula is C12H11NO2. The van der Waals surface area contributed by atoms with E-state index in [1.54, 1.807) is 6.07 Å². The Kier molecular flexibility index (Phi) is 3.25. The van der Waals surface area contributed by atoms with Gasteiger partial charge in [-0.1, -0.05) is 23.8 Å². The highest BCUT2D eigenvalue weighted by atomic mass is 16.4. The number of aryl methyl sites for hydroxylation is 2. The highest BCUT2D eigenvalue weighted by Gasteiger charge is 2.06. The van der Waals surface area contributed by atoms with Gasteiger partial charge in [0.25, 0.3) is 0 Å². The molecule has 1 rings (SSSR count). The fraction of sp³-hybridized carbons (Fsp3) is 0.167. The lowest BCUT2D eigenvalue weighted by molar-refractivity contribution is -0.132. The van der Waals surface area contributed by atoms with Crippen LogP contribution in [0.25, 0.3) is 6.08 Å². The Hall–Kier alpha value is -2.08. The molecule has 0 radical (unpaired) electrons. The highest BCUT2D eigenvalue weighted by molar-refractivity contribution is 5.96. The van der Waals surface area contributed by atoms with E-state index < -0.39 is 5.97 Å². The summed E-state index contributed by atoms with van der Waals surface area (Å²) in [6.45, 7) is 3.85. The van der Waals surface area contributed by atoms with Crippen LogP contribution in [0.2, 0.25) is 0 Å². The molecule has 3 heteroatoms. The number of aliphatic carboxylic acids is 1. The molecule has 0 spiro atoms. The SMILES string of the molecule is Cc1ccc(C=C(C#N)C(=O)O)c(C)c1. The van der Waals surface area contributed by atoms with E-state index in [-0.39, 0.29) is 5.57 Å². The molecule has 0 amide bonds. The van der Waals surface area contributed by atoms with Crippen LogP contribution >= 0.6 is 0 Å². The van der Waals surface area contributed by atoms with Crippen LogP contribution in [0.4, 0.5) is 0 Å². The average molecular weight is 201 g/mol. The molecule has 0 aliphatic heterocycles. The smallest absolute Gasteiger partial charge is 0.346 e. The maximum absolute atomic E-state index is 10.6. The van der Waals surface area contributed by atoms with E-state index in [9.17, 15) is 4.79 Å². The van der Waals surface area contributed by atoms with Crippen LogP contribution in [-0.2, 0) is 4.79 Å². The zero-order valence-electron chi connectivity index (χ0n) is 8.61. The van der Waals surface area contributed by atoms with Gasteiger partial charge in [-0.3, -0.25) is 0 Å². The number of hydrogen-bond acceptors (Lipinski definition) is 2. The van der Waals surface area contributed by atoms with Crippen LogP contribution < -0.4 is 0 Å². The zero-order valence-corrected chi connectivity index (χ0v) is 8.61. The molecule has 0 aliphatic rings. The minimum atomic E-state index is -1.20. The minimum Gasteiger partial charge on any atom is -0.477 e. The first-order valence-corrected chi connectivity index (χ1v) is 4.47. The Morgan fingerprint density at radius 3 is 2.60 bits per heavy atom. The molecule has 1 aromatic rings. The van der Waals surface area contributed by atoms with Gasteiger partial charge < -0.3 is 5.11 Å². The van der Waals surface area contributed by atoms with Gasteiger partial charge in [0, 0.05) is 0 Å². The van der Waals surface area contributed by atoms with Crippen molar-refractivity contribution >= 4 is 12.0 Å². The van der Waals surface area contributed by atoms with Gasteiger partial charge >= 0.3 is 5.97 Å². The molecule has 0 aromatic heterocycles. The van der Waals surface area contributed by atoms with E-state index >= 15 is 0 Å².